The topological polar surface area (TPSA) is 50.8 Å². The molecule has 1 fully saturated rings. The third-order valence-electron chi connectivity index (χ3n) is 5.56. The predicted molar refractivity (Wildman–Crippen MR) is 120 cm³/mol. The van der Waals surface area contributed by atoms with Gasteiger partial charge in [0, 0.05) is 18.8 Å². The van der Waals surface area contributed by atoms with Crippen LogP contribution in [0.4, 0.5) is 5.69 Å². The van der Waals surface area contributed by atoms with Gasteiger partial charge in [0.05, 0.1) is 6.61 Å². The molecule has 2 rings (SSSR count). The lowest BCUT2D eigenvalue weighted by Gasteiger charge is -2.28. The van der Waals surface area contributed by atoms with Crippen molar-refractivity contribution in [2.24, 2.45) is 0 Å². The molecule has 1 amide bonds. The van der Waals surface area contributed by atoms with Crippen LogP contribution < -0.4 is 10.1 Å². The smallest absolute Gasteiger partial charge is 0.256 e. The van der Waals surface area contributed by atoms with Gasteiger partial charge in [-0.1, -0.05) is 33.1 Å². The summed E-state index contributed by atoms with van der Waals surface area (Å²) in [6.07, 6.45) is 8.72. The van der Waals surface area contributed by atoms with Gasteiger partial charge in [0.2, 0.25) is 0 Å². The van der Waals surface area contributed by atoms with E-state index in [0.29, 0.717) is 6.61 Å². The van der Waals surface area contributed by atoms with Crippen LogP contribution in [0.2, 0.25) is 0 Å². The van der Waals surface area contributed by atoms with Crippen LogP contribution in [-0.2, 0) is 9.53 Å². The second kappa shape index (κ2) is 12.9. The summed E-state index contributed by atoms with van der Waals surface area (Å²) in [6, 6.07) is 7.65. The normalized spacial score (nSPS) is 16.9. The largest absolute Gasteiger partial charge is 0.494 e. The first-order chi connectivity index (χ1) is 14.1. The van der Waals surface area contributed by atoms with Crippen LogP contribution in [0.15, 0.2) is 24.3 Å². The van der Waals surface area contributed by atoms with Crippen molar-refractivity contribution in [3.63, 3.8) is 0 Å². The summed E-state index contributed by atoms with van der Waals surface area (Å²) in [5.74, 6) is 0.771. The van der Waals surface area contributed by atoms with E-state index < -0.39 is 5.60 Å². The number of likely N-dealkylation sites (tertiary alicyclic amines) is 1. The summed E-state index contributed by atoms with van der Waals surface area (Å²) in [6.45, 7) is 11.0. The summed E-state index contributed by atoms with van der Waals surface area (Å²) in [4.78, 5) is 15.3. The minimum atomic E-state index is -0.782. The molecule has 1 saturated heterocycles. The molecule has 1 atom stereocenters. The highest BCUT2D eigenvalue weighted by atomic mass is 16.5. The second-order valence-electron chi connectivity index (χ2n) is 8.27. The molecule has 1 aliphatic rings. The molecule has 1 aromatic carbocycles. The highest BCUT2D eigenvalue weighted by molar-refractivity contribution is 5.97. The highest BCUT2D eigenvalue weighted by Crippen LogP contribution is 2.23. The summed E-state index contributed by atoms with van der Waals surface area (Å²) in [5.41, 5.74) is -0.00572. The van der Waals surface area contributed by atoms with Crippen LogP contribution >= 0.6 is 0 Å². The van der Waals surface area contributed by atoms with E-state index in [-0.39, 0.29) is 5.91 Å². The van der Waals surface area contributed by atoms with Gasteiger partial charge in [-0.15, -0.1) is 0 Å². The van der Waals surface area contributed by atoms with Gasteiger partial charge < -0.3 is 19.7 Å². The van der Waals surface area contributed by atoms with Crippen LogP contribution in [-0.4, -0.2) is 49.3 Å². The molecule has 0 bridgehead atoms. The Morgan fingerprint density at radius 1 is 1.03 bits per heavy atom. The standard InChI is InChI=1S/C24H40N2O3/c1-4-6-15-24(3,29-19-5-2)23(27)25-21-11-13-22(14-12-21)28-20-10-18-26-16-8-7-9-17-26/h11-14H,4-10,15-20H2,1-3H3,(H,25,27)/t24-/m1/s1. The number of amides is 1. The minimum absolute atomic E-state index is 0.0744. The molecule has 0 spiro atoms. The maximum absolute atomic E-state index is 12.8. The van der Waals surface area contributed by atoms with E-state index in [1.165, 1.54) is 32.4 Å². The number of ether oxygens (including phenoxy) is 2. The van der Waals surface area contributed by atoms with Crippen molar-refractivity contribution in [1.29, 1.82) is 0 Å². The minimum Gasteiger partial charge on any atom is -0.494 e. The third kappa shape index (κ3) is 8.35. The average molecular weight is 405 g/mol. The molecule has 0 saturated carbocycles. The Hall–Kier alpha value is -1.59. The molecule has 1 aromatic rings. The molecular formula is C24H40N2O3. The van der Waals surface area contributed by atoms with E-state index in [1.54, 1.807) is 0 Å². The molecule has 29 heavy (non-hydrogen) atoms. The van der Waals surface area contributed by atoms with Crippen LogP contribution in [0.25, 0.3) is 0 Å². The first-order valence-corrected chi connectivity index (χ1v) is 11.5. The molecule has 5 heteroatoms. The number of unbranched alkanes of at least 4 members (excludes halogenated alkanes) is 1. The van der Waals surface area contributed by atoms with Gasteiger partial charge in [-0.05, 0) is 76.4 Å². The zero-order valence-electron chi connectivity index (χ0n) is 18.7. The molecule has 164 valence electrons. The average Bonchev–Trinajstić information content (AvgIpc) is 2.75. The maximum Gasteiger partial charge on any atom is 0.256 e. The Kier molecular flexibility index (Phi) is 10.5. The van der Waals surface area contributed by atoms with E-state index in [4.69, 9.17) is 9.47 Å². The first-order valence-electron chi connectivity index (χ1n) is 11.5. The SMILES string of the molecule is CCCC[C@@](C)(OCCC)C(=O)Nc1ccc(OCCCN2CCCCC2)cc1. The fraction of sp³-hybridized carbons (Fsp3) is 0.708. The van der Waals surface area contributed by atoms with Crippen LogP contribution in [0, 0.1) is 0 Å². The van der Waals surface area contributed by atoms with Gasteiger partial charge in [-0.25, -0.2) is 0 Å². The van der Waals surface area contributed by atoms with Crippen molar-refractivity contribution in [3.8, 4) is 5.75 Å². The van der Waals surface area contributed by atoms with Gasteiger partial charge in [-0.3, -0.25) is 4.79 Å². The molecule has 1 N–H and O–H groups in total. The summed E-state index contributed by atoms with van der Waals surface area (Å²) < 4.78 is 11.8. The zero-order chi connectivity index (χ0) is 21.0. The summed E-state index contributed by atoms with van der Waals surface area (Å²) >= 11 is 0. The molecular weight excluding hydrogens is 364 g/mol. The molecule has 0 aromatic heterocycles. The van der Waals surface area contributed by atoms with Gasteiger partial charge >= 0.3 is 0 Å². The summed E-state index contributed by atoms with van der Waals surface area (Å²) in [5, 5.41) is 3.01. The quantitative estimate of drug-likeness (QED) is 0.456. The number of carbonyl (C=O) groups excluding carboxylic acids is 1. The van der Waals surface area contributed by atoms with Crippen molar-refractivity contribution in [3.05, 3.63) is 24.3 Å². The van der Waals surface area contributed by atoms with E-state index >= 15 is 0 Å². The van der Waals surface area contributed by atoms with E-state index in [9.17, 15) is 4.79 Å². The number of carbonyl (C=O) groups is 1. The van der Waals surface area contributed by atoms with E-state index in [0.717, 1.165) is 56.7 Å². The first kappa shape index (κ1) is 23.7. The summed E-state index contributed by atoms with van der Waals surface area (Å²) in [7, 11) is 0. The van der Waals surface area contributed by atoms with E-state index in [1.807, 2.05) is 31.2 Å². The molecule has 0 unspecified atom stereocenters. The number of nitrogens with one attached hydrogen (secondary N) is 1. The Morgan fingerprint density at radius 2 is 1.76 bits per heavy atom. The van der Waals surface area contributed by atoms with Crippen molar-refractivity contribution < 1.29 is 14.3 Å². The maximum atomic E-state index is 12.8. The number of anilines is 1. The van der Waals surface area contributed by atoms with E-state index in [2.05, 4.69) is 24.1 Å². The van der Waals surface area contributed by atoms with Gasteiger partial charge in [0.25, 0.3) is 5.91 Å². The lowest BCUT2D eigenvalue weighted by atomic mass is 9.97. The lowest BCUT2D eigenvalue weighted by Crippen LogP contribution is -2.43. The number of rotatable bonds is 13. The monoisotopic (exact) mass is 404 g/mol. The molecule has 5 nitrogen and oxygen atoms in total. The Bertz CT molecular complexity index is 574. The van der Waals surface area contributed by atoms with Crippen molar-refractivity contribution in [2.75, 3.05) is 38.2 Å². The molecule has 1 heterocycles. The van der Waals surface area contributed by atoms with Crippen LogP contribution in [0.1, 0.15) is 72.1 Å². The Balaban J connectivity index is 1.78. The molecule has 1 aliphatic heterocycles. The zero-order valence-corrected chi connectivity index (χ0v) is 18.7. The number of hydrogen-bond donors (Lipinski definition) is 1. The number of nitrogens with zero attached hydrogens (tertiary/aromatic N) is 1. The molecule has 0 radical (unpaired) electrons. The molecule has 0 aliphatic carbocycles. The Labute approximate surface area is 177 Å². The number of benzene rings is 1. The van der Waals surface area contributed by atoms with Crippen LogP contribution in [0.3, 0.4) is 0 Å². The third-order valence-corrected chi connectivity index (χ3v) is 5.56. The second-order valence-corrected chi connectivity index (χ2v) is 8.27. The van der Waals surface area contributed by atoms with Crippen molar-refractivity contribution in [2.45, 2.75) is 77.7 Å². The number of hydrogen-bond acceptors (Lipinski definition) is 4. The lowest BCUT2D eigenvalue weighted by molar-refractivity contribution is -0.140. The Morgan fingerprint density at radius 3 is 2.41 bits per heavy atom. The van der Waals surface area contributed by atoms with Crippen molar-refractivity contribution in [1.82, 2.24) is 4.90 Å². The van der Waals surface area contributed by atoms with Gasteiger partial charge in [0.15, 0.2) is 0 Å². The van der Waals surface area contributed by atoms with Crippen LogP contribution in [0.5, 0.6) is 5.75 Å². The fourth-order valence-corrected chi connectivity index (χ4v) is 3.65. The van der Waals surface area contributed by atoms with Gasteiger partial charge in [-0.2, -0.15) is 0 Å². The van der Waals surface area contributed by atoms with Gasteiger partial charge in [0.1, 0.15) is 11.4 Å². The predicted octanol–water partition coefficient (Wildman–Crippen LogP) is 5.26. The van der Waals surface area contributed by atoms with Crippen molar-refractivity contribution >= 4 is 11.6 Å². The highest BCUT2D eigenvalue weighted by Gasteiger charge is 2.33. The fourth-order valence-electron chi connectivity index (χ4n) is 3.65. The number of piperidine rings is 1.